The Morgan fingerprint density at radius 1 is 1.05 bits per heavy atom. The van der Waals surface area contributed by atoms with Gasteiger partial charge in [-0.05, 0) is 73.5 Å². The number of piperidine rings is 1. The van der Waals surface area contributed by atoms with E-state index in [4.69, 9.17) is 25.5 Å². The first-order chi connectivity index (χ1) is 19.1. The lowest BCUT2D eigenvalue weighted by Crippen LogP contribution is -2.75. The molecule has 3 aromatic carbocycles. The van der Waals surface area contributed by atoms with Gasteiger partial charge in [0.05, 0.1) is 12.0 Å². The maximum Gasteiger partial charge on any atom is 0.169 e. The van der Waals surface area contributed by atoms with Gasteiger partial charge in [0.25, 0.3) is 0 Å². The molecular formula is C33H30ClNO4. The Kier molecular flexibility index (Phi) is 4.56. The Labute approximate surface area is 232 Å². The number of rotatable bonds is 5. The van der Waals surface area contributed by atoms with Gasteiger partial charge in [-0.1, -0.05) is 48.0 Å². The van der Waals surface area contributed by atoms with Crippen molar-refractivity contribution in [2.45, 2.75) is 61.9 Å². The molecule has 6 heteroatoms. The van der Waals surface area contributed by atoms with Gasteiger partial charge in [0.1, 0.15) is 16.9 Å². The average Bonchev–Trinajstić information content (AvgIpc) is 3.59. The van der Waals surface area contributed by atoms with Gasteiger partial charge in [0.2, 0.25) is 0 Å². The van der Waals surface area contributed by atoms with E-state index in [2.05, 4.69) is 35.2 Å². The summed E-state index contributed by atoms with van der Waals surface area (Å²) in [5.41, 5.74) is 4.65. The molecule has 2 bridgehead atoms. The van der Waals surface area contributed by atoms with Crippen LogP contribution in [0, 0.1) is 5.92 Å². The number of hydrogen-bond donors (Lipinski definition) is 1. The number of hydrogen-bond acceptors (Lipinski definition) is 5. The van der Waals surface area contributed by atoms with E-state index >= 15 is 0 Å². The lowest BCUT2D eigenvalue weighted by atomic mass is 9.49. The third-order valence-electron chi connectivity index (χ3n) is 10.3. The van der Waals surface area contributed by atoms with E-state index in [0.717, 1.165) is 71.1 Å². The standard InChI is InChI=1S/C33H30ClNO4/c34-22-10-7-20(8-11-22)18-37-33-16-24-23-3-1-2-4-26(23)38-29(24)31-32(33)13-14-35(17-19-5-6-19)27(33)15-21-9-12-25(36)30(39-31)28(21)32/h1-4,7-12,19,27,31,36H,5-6,13-18H2/t27-,31-,32-,33+/m0/s1. The molecular weight excluding hydrogens is 510 g/mol. The van der Waals surface area contributed by atoms with E-state index in [1.807, 2.05) is 30.3 Å². The normalized spacial score (nSPS) is 30.2. The molecule has 39 heavy (non-hydrogen) atoms. The zero-order chi connectivity index (χ0) is 25.9. The molecule has 1 spiro atoms. The molecule has 4 atom stereocenters. The van der Waals surface area contributed by atoms with Crippen LogP contribution in [0.5, 0.6) is 11.5 Å². The maximum absolute atomic E-state index is 11.1. The Morgan fingerprint density at radius 3 is 2.74 bits per heavy atom. The highest BCUT2D eigenvalue weighted by Gasteiger charge is 2.74. The van der Waals surface area contributed by atoms with Crippen LogP contribution in [0.3, 0.4) is 0 Å². The number of nitrogens with zero attached hydrogens (tertiary/aromatic N) is 1. The second-order valence-electron chi connectivity index (χ2n) is 12.2. The minimum absolute atomic E-state index is 0.204. The van der Waals surface area contributed by atoms with Crippen molar-refractivity contribution in [3.63, 3.8) is 0 Å². The lowest BCUT2D eigenvalue weighted by Gasteiger charge is -2.64. The predicted molar refractivity (Wildman–Crippen MR) is 148 cm³/mol. The van der Waals surface area contributed by atoms with Crippen LogP contribution >= 0.6 is 11.6 Å². The van der Waals surface area contributed by atoms with Crippen LogP contribution in [-0.2, 0) is 29.6 Å². The van der Waals surface area contributed by atoms with Crippen molar-refractivity contribution in [2.24, 2.45) is 5.92 Å². The molecule has 5 nitrogen and oxygen atoms in total. The van der Waals surface area contributed by atoms with E-state index in [9.17, 15) is 5.11 Å². The fourth-order valence-corrected chi connectivity index (χ4v) is 8.58. The Balaban J connectivity index is 1.29. The number of likely N-dealkylation sites (tertiary alicyclic amines) is 1. The van der Waals surface area contributed by atoms with Crippen LogP contribution in [0.2, 0.25) is 5.02 Å². The van der Waals surface area contributed by atoms with Crippen molar-refractivity contribution in [3.8, 4) is 11.5 Å². The summed E-state index contributed by atoms with van der Waals surface area (Å²) in [6.07, 6.45) is 4.85. The molecule has 1 N–H and O–H groups in total. The fraction of sp³-hybridized carbons (Fsp3) is 0.394. The van der Waals surface area contributed by atoms with E-state index in [0.29, 0.717) is 12.4 Å². The first-order valence-corrected chi connectivity index (χ1v) is 14.6. The molecule has 3 heterocycles. The maximum atomic E-state index is 11.1. The number of ether oxygens (including phenoxy) is 2. The molecule has 0 amide bonds. The van der Waals surface area contributed by atoms with Crippen LogP contribution in [0.15, 0.2) is 65.1 Å². The summed E-state index contributed by atoms with van der Waals surface area (Å²) in [6, 6.07) is 20.4. The fourth-order valence-electron chi connectivity index (χ4n) is 8.46. The lowest BCUT2D eigenvalue weighted by molar-refractivity contribution is -0.212. The number of para-hydroxylation sites is 1. The number of phenolic OH excluding ortho intramolecular Hbond substituents is 1. The molecule has 0 unspecified atom stereocenters. The SMILES string of the molecule is Oc1ccc2c3c1O[C@H]1c4oc5ccccc5c4C[C@@]4(OCc5ccc(Cl)cc5)[C@H](C2)N(CC2CC2)CC[C@]314. The van der Waals surface area contributed by atoms with Crippen molar-refractivity contribution in [1.82, 2.24) is 4.90 Å². The van der Waals surface area contributed by atoms with Crippen molar-refractivity contribution in [3.05, 3.63) is 93.7 Å². The number of fused-ring (bicyclic) bond motifs is 4. The molecule has 198 valence electrons. The third-order valence-corrected chi connectivity index (χ3v) is 10.6. The summed E-state index contributed by atoms with van der Waals surface area (Å²) >= 11 is 6.22. The van der Waals surface area contributed by atoms with Gasteiger partial charge >= 0.3 is 0 Å². The summed E-state index contributed by atoms with van der Waals surface area (Å²) in [5, 5.41) is 12.9. The number of furan rings is 1. The molecule has 9 rings (SSSR count). The van der Waals surface area contributed by atoms with Gasteiger partial charge in [-0.2, -0.15) is 0 Å². The molecule has 2 aliphatic heterocycles. The van der Waals surface area contributed by atoms with Crippen LogP contribution in [0.25, 0.3) is 11.0 Å². The summed E-state index contributed by atoms with van der Waals surface area (Å²) in [5.74, 6) is 2.52. The Bertz CT molecular complexity index is 1640. The topological polar surface area (TPSA) is 55.1 Å². The highest BCUT2D eigenvalue weighted by Crippen LogP contribution is 2.70. The van der Waals surface area contributed by atoms with Crippen LogP contribution < -0.4 is 4.74 Å². The summed E-state index contributed by atoms with van der Waals surface area (Å²) in [6.45, 7) is 2.61. The smallest absolute Gasteiger partial charge is 0.169 e. The zero-order valence-corrected chi connectivity index (χ0v) is 22.4. The molecule has 1 saturated carbocycles. The molecule has 0 radical (unpaired) electrons. The minimum atomic E-state index is -0.532. The highest BCUT2D eigenvalue weighted by molar-refractivity contribution is 6.30. The molecule has 1 aromatic heterocycles. The van der Waals surface area contributed by atoms with Gasteiger partial charge in [-0.3, -0.25) is 4.90 Å². The largest absolute Gasteiger partial charge is 0.504 e. The van der Waals surface area contributed by atoms with E-state index in [-0.39, 0.29) is 17.9 Å². The van der Waals surface area contributed by atoms with E-state index < -0.39 is 11.0 Å². The summed E-state index contributed by atoms with van der Waals surface area (Å²) < 4.78 is 20.8. The van der Waals surface area contributed by atoms with Crippen LogP contribution in [-0.4, -0.2) is 34.7 Å². The highest BCUT2D eigenvalue weighted by atomic mass is 35.5. The third kappa shape index (κ3) is 2.93. The van der Waals surface area contributed by atoms with Gasteiger partial charge < -0.3 is 19.0 Å². The molecule has 2 fully saturated rings. The van der Waals surface area contributed by atoms with Crippen molar-refractivity contribution >= 4 is 22.6 Å². The molecule has 3 aliphatic carbocycles. The second-order valence-corrected chi connectivity index (χ2v) is 12.7. The Hall–Kier alpha value is -2.99. The van der Waals surface area contributed by atoms with Crippen LogP contribution in [0.4, 0.5) is 0 Å². The first kappa shape index (κ1) is 22.8. The number of phenols is 1. The number of aromatic hydroxyl groups is 1. The zero-order valence-electron chi connectivity index (χ0n) is 21.7. The van der Waals surface area contributed by atoms with Gasteiger partial charge in [-0.25, -0.2) is 0 Å². The first-order valence-electron chi connectivity index (χ1n) is 14.2. The quantitative estimate of drug-likeness (QED) is 0.305. The molecule has 4 aromatic rings. The molecule has 5 aliphatic rings. The molecule has 1 saturated heterocycles. The summed E-state index contributed by atoms with van der Waals surface area (Å²) in [4.78, 5) is 2.73. The summed E-state index contributed by atoms with van der Waals surface area (Å²) in [7, 11) is 0. The van der Waals surface area contributed by atoms with Crippen molar-refractivity contribution in [1.29, 1.82) is 0 Å². The van der Waals surface area contributed by atoms with Gasteiger partial charge in [-0.15, -0.1) is 0 Å². The number of halogens is 1. The van der Waals surface area contributed by atoms with E-state index in [1.165, 1.54) is 24.0 Å². The van der Waals surface area contributed by atoms with Crippen LogP contribution in [0.1, 0.15) is 53.4 Å². The Morgan fingerprint density at radius 2 is 1.90 bits per heavy atom. The second kappa shape index (κ2) is 7.81. The van der Waals surface area contributed by atoms with Gasteiger partial charge in [0.15, 0.2) is 17.6 Å². The average molecular weight is 540 g/mol. The minimum Gasteiger partial charge on any atom is -0.504 e. The monoisotopic (exact) mass is 539 g/mol. The number of benzene rings is 3. The predicted octanol–water partition coefficient (Wildman–Crippen LogP) is 6.72. The van der Waals surface area contributed by atoms with E-state index in [1.54, 1.807) is 0 Å². The van der Waals surface area contributed by atoms with Gasteiger partial charge in [0, 0.05) is 40.5 Å². The van der Waals surface area contributed by atoms with Crippen molar-refractivity contribution < 1.29 is 19.0 Å². The van der Waals surface area contributed by atoms with Crippen molar-refractivity contribution in [2.75, 3.05) is 13.1 Å².